The number of nitrogens with zero attached hydrogens (tertiary/aromatic N) is 1. The normalized spacial score (nSPS) is 20.0. The second kappa shape index (κ2) is 7.76. The van der Waals surface area contributed by atoms with Crippen molar-refractivity contribution in [3.63, 3.8) is 0 Å². The number of rotatable bonds is 6. The van der Waals surface area contributed by atoms with Crippen LogP contribution in [0.15, 0.2) is 29.2 Å². The zero-order valence-corrected chi connectivity index (χ0v) is 16.0. The van der Waals surface area contributed by atoms with Gasteiger partial charge in [0.15, 0.2) is 9.84 Å². The maximum Gasteiger partial charge on any atom is 0.417 e. The number of carbonyl (C=O) groups excluding carboxylic acids is 1. The molecule has 1 amide bonds. The minimum absolute atomic E-state index is 0.0767. The Labute approximate surface area is 155 Å². The van der Waals surface area contributed by atoms with Crippen LogP contribution in [0.1, 0.15) is 18.9 Å². The van der Waals surface area contributed by atoms with Crippen molar-refractivity contribution in [2.45, 2.75) is 30.5 Å². The third-order valence-corrected chi connectivity index (χ3v) is 7.83. The van der Waals surface area contributed by atoms with Crippen molar-refractivity contribution in [3.8, 4) is 0 Å². The molecule has 0 aliphatic carbocycles. The van der Waals surface area contributed by atoms with Crippen LogP contribution in [0.3, 0.4) is 0 Å². The highest BCUT2D eigenvalue weighted by atomic mass is 32.2. The first kappa shape index (κ1) is 21.6. The summed E-state index contributed by atoms with van der Waals surface area (Å²) >= 11 is 0. The van der Waals surface area contributed by atoms with Crippen LogP contribution in [0.25, 0.3) is 0 Å². The predicted octanol–water partition coefficient (Wildman–Crippen LogP) is 1.02. The van der Waals surface area contributed by atoms with Crippen LogP contribution in [0.5, 0.6) is 0 Å². The van der Waals surface area contributed by atoms with E-state index in [4.69, 9.17) is 0 Å². The van der Waals surface area contributed by atoms with Gasteiger partial charge in [0.05, 0.1) is 28.5 Å². The van der Waals surface area contributed by atoms with Gasteiger partial charge in [-0.3, -0.25) is 4.79 Å². The lowest BCUT2D eigenvalue weighted by Gasteiger charge is -2.23. The van der Waals surface area contributed by atoms with Crippen molar-refractivity contribution in [2.24, 2.45) is 0 Å². The van der Waals surface area contributed by atoms with Crippen LogP contribution >= 0.6 is 0 Å². The Hall–Kier alpha value is -1.66. The van der Waals surface area contributed by atoms with Gasteiger partial charge in [-0.1, -0.05) is 19.1 Å². The highest BCUT2D eigenvalue weighted by Gasteiger charge is 2.39. The Balaban J connectivity index is 2.20. The van der Waals surface area contributed by atoms with Crippen LogP contribution in [-0.2, 0) is 30.8 Å². The van der Waals surface area contributed by atoms with Gasteiger partial charge >= 0.3 is 6.18 Å². The van der Waals surface area contributed by atoms with Gasteiger partial charge in [-0.2, -0.15) is 17.5 Å². The van der Waals surface area contributed by atoms with Gasteiger partial charge in [-0.05, 0) is 18.6 Å². The molecule has 0 radical (unpaired) electrons. The average Bonchev–Trinajstić information content (AvgIpc) is 2.90. The number of likely N-dealkylation sites (N-methyl/N-ethyl adjacent to an activating group) is 1. The van der Waals surface area contributed by atoms with Gasteiger partial charge in [0.1, 0.15) is 0 Å². The van der Waals surface area contributed by atoms with Gasteiger partial charge in [-0.15, -0.1) is 0 Å². The van der Waals surface area contributed by atoms with Gasteiger partial charge < -0.3 is 5.32 Å². The Bertz CT molecular complexity index is 914. The fraction of sp³-hybridized carbons (Fsp3) is 0.533. The summed E-state index contributed by atoms with van der Waals surface area (Å²) in [5.74, 6) is -1.09. The summed E-state index contributed by atoms with van der Waals surface area (Å²) in [6.07, 6.45) is -4.66. The van der Waals surface area contributed by atoms with E-state index in [2.05, 4.69) is 5.32 Å². The molecule has 1 aromatic carbocycles. The van der Waals surface area contributed by atoms with Gasteiger partial charge in [0.2, 0.25) is 15.9 Å². The third-order valence-electron chi connectivity index (χ3n) is 4.08. The van der Waals surface area contributed by atoms with E-state index < -0.39 is 55.0 Å². The lowest BCUT2D eigenvalue weighted by atomic mass is 10.2. The van der Waals surface area contributed by atoms with Crippen molar-refractivity contribution < 1.29 is 34.8 Å². The summed E-state index contributed by atoms with van der Waals surface area (Å²) in [6.45, 7) is 0.452. The molecule has 0 aromatic heterocycles. The van der Waals surface area contributed by atoms with Crippen molar-refractivity contribution in [1.29, 1.82) is 0 Å². The molecule has 2 rings (SSSR count). The van der Waals surface area contributed by atoms with Gasteiger partial charge in [0, 0.05) is 12.6 Å². The van der Waals surface area contributed by atoms with Crippen LogP contribution in [0.4, 0.5) is 13.2 Å². The fourth-order valence-corrected chi connectivity index (χ4v) is 6.06. The topological polar surface area (TPSA) is 101 Å². The Morgan fingerprint density at radius 1 is 1.30 bits per heavy atom. The fourth-order valence-electron chi connectivity index (χ4n) is 2.77. The molecule has 7 nitrogen and oxygen atoms in total. The van der Waals surface area contributed by atoms with Crippen LogP contribution in [-0.4, -0.2) is 57.7 Å². The highest BCUT2D eigenvalue weighted by molar-refractivity contribution is 7.91. The minimum atomic E-state index is -4.87. The zero-order valence-electron chi connectivity index (χ0n) is 14.4. The first-order chi connectivity index (χ1) is 12.4. The van der Waals surface area contributed by atoms with Crippen LogP contribution in [0, 0.1) is 0 Å². The minimum Gasteiger partial charge on any atom is -0.351 e. The molecular weight excluding hydrogens is 409 g/mol. The van der Waals surface area contributed by atoms with E-state index in [9.17, 15) is 34.8 Å². The molecule has 1 aliphatic rings. The van der Waals surface area contributed by atoms with Crippen molar-refractivity contribution in [2.75, 3.05) is 24.6 Å². The standard InChI is InChI=1S/C15H19F3N2O5S2/c1-2-20(9-14(21)19-11-7-8-26(22,23)10-11)27(24,25)13-6-4-3-5-12(13)15(16,17)18/h3-6,11H,2,7-10H2,1H3,(H,19,21). The maximum atomic E-state index is 13.1. The molecular formula is C15H19F3N2O5S2. The van der Waals surface area contributed by atoms with Crippen molar-refractivity contribution >= 4 is 25.8 Å². The number of halogens is 3. The van der Waals surface area contributed by atoms with E-state index in [0.717, 1.165) is 12.1 Å². The van der Waals surface area contributed by atoms with E-state index in [1.54, 1.807) is 0 Å². The average molecular weight is 428 g/mol. The maximum absolute atomic E-state index is 13.1. The summed E-state index contributed by atoms with van der Waals surface area (Å²) in [4.78, 5) is 11.2. The summed E-state index contributed by atoms with van der Waals surface area (Å²) in [7, 11) is -7.82. The third kappa shape index (κ3) is 5.20. The van der Waals surface area contributed by atoms with E-state index in [-0.39, 0.29) is 24.5 Å². The summed E-state index contributed by atoms with van der Waals surface area (Å²) < 4.78 is 88.2. The summed E-state index contributed by atoms with van der Waals surface area (Å²) in [5, 5.41) is 2.42. The molecule has 1 N–H and O–H groups in total. The molecule has 1 unspecified atom stereocenters. The second-order valence-electron chi connectivity index (χ2n) is 6.09. The molecule has 12 heteroatoms. The summed E-state index contributed by atoms with van der Waals surface area (Å²) in [6, 6.07) is 3.10. The number of carbonyl (C=O) groups is 1. The zero-order chi connectivity index (χ0) is 20.5. The first-order valence-electron chi connectivity index (χ1n) is 8.03. The Kier molecular flexibility index (Phi) is 6.22. The predicted molar refractivity (Wildman–Crippen MR) is 91.1 cm³/mol. The van der Waals surface area contributed by atoms with Crippen LogP contribution in [0.2, 0.25) is 0 Å². The number of alkyl halides is 3. The number of amides is 1. The first-order valence-corrected chi connectivity index (χ1v) is 11.3. The van der Waals surface area contributed by atoms with Gasteiger partial charge in [0.25, 0.3) is 0 Å². The monoisotopic (exact) mass is 428 g/mol. The molecule has 27 heavy (non-hydrogen) atoms. The Morgan fingerprint density at radius 3 is 2.44 bits per heavy atom. The highest BCUT2D eigenvalue weighted by Crippen LogP contribution is 2.35. The molecule has 1 fully saturated rings. The quantitative estimate of drug-likeness (QED) is 0.729. The SMILES string of the molecule is CCN(CC(=O)NC1CCS(=O)(=O)C1)S(=O)(=O)c1ccccc1C(F)(F)F. The number of hydrogen-bond donors (Lipinski definition) is 1. The smallest absolute Gasteiger partial charge is 0.351 e. The Morgan fingerprint density at radius 2 is 1.93 bits per heavy atom. The lowest BCUT2D eigenvalue weighted by Crippen LogP contribution is -2.44. The van der Waals surface area contributed by atoms with Gasteiger partial charge in [-0.25, -0.2) is 16.8 Å². The number of nitrogens with one attached hydrogen (secondary N) is 1. The molecule has 0 bridgehead atoms. The number of sulfonamides is 1. The number of benzene rings is 1. The van der Waals surface area contributed by atoms with E-state index in [0.29, 0.717) is 10.4 Å². The molecule has 1 aliphatic heterocycles. The molecule has 1 aromatic rings. The largest absolute Gasteiger partial charge is 0.417 e. The molecule has 1 saturated heterocycles. The van der Waals surface area contributed by atoms with Crippen molar-refractivity contribution in [3.05, 3.63) is 29.8 Å². The molecule has 1 atom stereocenters. The molecule has 1 heterocycles. The number of hydrogen-bond acceptors (Lipinski definition) is 5. The molecule has 0 spiro atoms. The molecule has 0 saturated carbocycles. The van der Waals surface area contributed by atoms with E-state index in [1.165, 1.54) is 13.0 Å². The number of sulfone groups is 1. The van der Waals surface area contributed by atoms with Crippen LogP contribution < -0.4 is 5.32 Å². The second-order valence-corrected chi connectivity index (χ2v) is 10.2. The summed E-state index contributed by atoms with van der Waals surface area (Å²) in [5.41, 5.74) is -1.31. The van der Waals surface area contributed by atoms with E-state index in [1.807, 2.05) is 0 Å². The lowest BCUT2D eigenvalue weighted by molar-refractivity contribution is -0.139. The molecule has 152 valence electrons. The van der Waals surface area contributed by atoms with E-state index >= 15 is 0 Å². The van der Waals surface area contributed by atoms with Crippen molar-refractivity contribution in [1.82, 2.24) is 9.62 Å².